The minimum absolute atomic E-state index is 0.0196. The summed E-state index contributed by atoms with van der Waals surface area (Å²) >= 11 is 11.4. The normalized spacial score (nSPS) is 19.8. The molecule has 0 saturated heterocycles. The number of carbonyl (C=O) groups is 1. The number of amides is 1. The first-order valence-electron chi connectivity index (χ1n) is 9.81. The molecule has 4 rings (SSSR count). The number of benzene rings is 2. The number of halogens is 8. The van der Waals surface area contributed by atoms with Gasteiger partial charge in [0.25, 0.3) is 17.9 Å². The van der Waals surface area contributed by atoms with Crippen LogP contribution < -0.4 is 5.32 Å². The van der Waals surface area contributed by atoms with Crippen LogP contribution in [0.4, 0.5) is 26.3 Å². The second kappa shape index (κ2) is 8.84. The van der Waals surface area contributed by atoms with Gasteiger partial charge in [-0.05, 0) is 35.4 Å². The summed E-state index contributed by atoms with van der Waals surface area (Å²) in [5.74, 6) is -1.76. The zero-order valence-electron chi connectivity index (χ0n) is 17.0. The molecule has 2 aromatic rings. The predicted molar refractivity (Wildman–Crippen MR) is 111 cm³/mol. The zero-order valence-corrected chi connectivity index (χ0v) is 18.5. The van der Waals surface area contributed by atoms with E-state index in [1.807, 2.05) is 0 Å². The van der Waals surface area contributed by atoms with Crippen molar-refractivity contribution in [1.29, 1.82) is 0 Å². The molecule has 0 fully saturated rings. The summed E-state index contributed by atoms with van der Waals surface area (Å²) in [6.45, 7) is -0.491. The smallest absolute Gasteiger partial charge is 0.372 e. The van der Waals surface area contributed by atoms with Gasteiger partial charge in [0.1, 0.15) is 5.84 Å². The van der Waals surface area contributed by atoms with Crippen molar-refractivity contribution >= 4 is 34.9 Å². The van der Waals surface area contributed by atoms with Gasteiger partial charge < -0.3 is 15.1 Å². The Morgan fingerprint density at radius 1 is 1.15 bits per heavy atom. The van der Waals surface area contributed by atoms with Gasteiger partial charge in [0.05, 0.1) is 23.0 Å². The van der Waals surface area contributed by atoms with Gasteiger partial charge in [0, 0.05) is 24.2 Å². The van der Waals surface area contributed by atoms with Crippen molar-refractivity contribution in [3.63, 3.8) is 0 Å². The number of amidine groups is 1. The van der Waals surface area contributed by atoms with Gasteiger partial charge in [-0.25, -0.2) is 13.2 Å². The van der Waals surface area contributed by atoms with E-state index in [1.165, 1.54) is 17.0 Å². The molecule has 1 amide bonds. The summed E-state index contributed by atoms with van der Waals surface area (Å²) in [4.78, 5) is 18.5. The van der Waals surface area contributed by atoms with Crippen LogP contribution in [0.2, 0.25) is 10.0 Å². The third kappa shape index (κ3) is 4.38. The SMILES string of the molecule is O=C(NCC(F)F)c1ccc2c(c1)CN(C1=NOC(c3cc(Cl)c(F)c(Cl)c3)(C(F)(F)F)C1)C2. The fraction of sp³-hybridized carbons (Fsp3) is 0.333. The summed E-state index contributed by atoms with van der Waals surface area (Å²) in [5.41, 5.74) is -1.91. The Labute approximate surface area is 199 Å². The van der Waals surface area contributed by atoms with Crippen LogP contribution in [-0.4, -0.2) is 35.8 Å². The van der Waals surface area contributed by atoms with Crippen molar-refractivity contribution in [2.45, 2.75) is 37.7 Å². The van der Waals surface area contributed by atoms with E-state index in [-0.39, 0.29) is 24.5 Å². The average molecular weight is 526 g/mol. The number of fused-ring (bicyclic) bond motifs is 1. The minimum Gasteiger partial charge on any atom is -0.372 e. The molecule has 5 nitrogen and oxygen atoms in total. The maximum absolute atomic E-state index is 14.2. The van der Waals surface area contributed by atoms with Crippen molar-refractivity contribution < 1.29 is 36.0 Å². The number of alkyl halides is 5. The standard InChI is InChI=1S/C21H15Cl2F6N3O2/c22-14-4-13(5-15(23)18(14)26)20(21(27,28)29)6-17(31-34-20)32-8-11-2-1-10(3-12(11)9-32)19(33)30-7-16(24)25/h1-5,16H,6-9H2,(H,30,33). The van der Waals surface area contributed by atoms with Crippen LogP contribution in [0, 0.1) is 5.82 Å². The highest BCUT2D eigenvalue weighted by atomic mass is 35.5. The Morgan fingerprint density at radius 2 is 1.79 bits per heavy atom. The molecule has 0 spiro atoms. The molecular weight excluding hydrogens is 511 g/mol. The third-order valence-electron chi connectivity index (χ3n) is 5.59. The molecule has 0 aliphatic carbocycles. The summed E-state index contributed by atoms with van der Waals surface area (Å²) in [6.07, 6.45) is -8.36. The fourth-order valence-electron chi connectivity index (χ4n) is 3.84. The number of oxime groups is 1. The molecule has 2 aliphatic heterocycles. The summed E-state index contributed by atoms with van der Waals surface area (Å²) in [6, 6.07) is 6.14. The maximum atomic E-state index is 14.2. The number of nitrogens with zero attached hydrogens (tertiary/aromatic N) is 2. The quantitative estimate of drug-likeness (QED) is 0.415. The Bertz CT molecular complexity index is 1150. The number of hydrogen-bond acceptors (Lipinski definition) is 4. The maximum Gasteiger partial charge on any atom is 0.435 e. The van der Waals surface area contributed by atoms with E-state index in [1.54, 1.807) is 6.07 Å². The van der Waals surface area contributed by atoms with Crippen LogP contribution in [0.15, 0.2) is 35.5 Å². The second-order valence-electron chi connectivity index (χ2n) is 7.79. The molecule has 2 aromatic carbocycles. The summed E-state index contributed by atoms with van der Waals surface area (Å²) < 4.78 is 80.9. The monoisotopic (exact) mass is 525 g/mol. The molecule has 0 aromatic heterocycles. The van der Waals surface area contributed by atoms with E-state index >= 15 is 0 Å². The van der Waals surface area contributed by atoms with Crippen molar-refractivity contribution in [2.75, 3.05) is 6.54 Å². The molecule has 182 valence electrons. The molecule has 1 N–H and O–H groups in total. The summed E-state index contributed by atoms with van der Waals surface area (Å²) in [7, 11) is 0. The number of rotatable bonds is 4. The van der Waals surface area contributed by atoms with Crippen LogP contribution in [0.1, 0.15) is 33.5 Å². The Hall–Kier alpha value is -2.66. The topological polar surface area (TPSA) is 53.9 Å². The minimum atomic E-state index is -4.94. The molecule has 13 heteroatoms. The Balaban J connectivity index is 1.55. The van der Waals surface area contributed by atoms with Crippen molar-refractivity contribution in [3.05, 3.63) is 68.4 Å². The first-order valence-corrected chi connectivity index (χ1v) is 10.6. The van der Waals surface area contributed by atoms with E-state index in [2.05, 4.69) is 10.5 Å². The lowest BCUT2D eigenvalue weighted by molar-refractivity contribution is -0.275. The van der Waals surface area contributed by atoms with Crippen LogP contribution in [0.25, 0.3) is 0 Å². The lowest BCUT2D eigenvalue weighted by Gasteiger charge is -2.30. The number of nitrogens with one attached hydrogen (secondary N) is 1. The highest BCUT2D eigenvalue weighted by Gasteiger charge is 2.63. The van der Waals surface area contributed by atoms with Crippen LogP contribution >= 0.6 is 23.2 Å². The van der Waals surface area contributed by atoms with Crippen LogP contribution in [0.5, 0.6) is 0 Å². The first-order chi connectivity index (χ1) is 15.9. The molecule has 1 unspecified atom stereocenters. The second-order valence-corrected chi connectivity index (χ2v) is 8.61. The van der Waals surface area contributed by atoms with Crippen LogP contribution in [0.3, 0.4) is 0 Å². The molecule has 1 atom stereocenters. The van der Waals surface area contributed by atoms with Gasteiger partial charge in [0.15, 0.2) is 5.82 Å². The van der Waals surface area contributed by atoms with E-state index in [0.29, 0.717) is 5.56 Å². The van der Waals surface area contributed by atoms with Gasteiger partial charge in [-0.2, -0.15) is 13.2 Å². The van der Waals surface area contributed by atoms with Gasteiger partial charge in [0.2, 0.25) is 0 Å². The summed E-state index contributed by atoms with van der Waals surface area (Å²) in [5, 5.41) is 4.58. The largest absolute Gasteiger partial charge is 0.435 e. The molecule has 0 radical (unpaired) electrons. The third-order valence-corrected chi connectivity index (χ3v) is 6.14. The predicted octanol–water partition coefficient (Wildman–Crippen LogP) is 5.63. The Kier molecular flexibility index (Phi) is 6.36. The molecule has 0 bridgehead atoms. The molecule has 2 aliphatic rings. The fourth-order valence-corrected chi connectivity index (χ4v) is 4.32. The van der Waals surface area contributed by atoms with Crippen molar-refractivity contribution in [3.8, 4) is 0 Å². The zero-order chi connectivity index (χ0) is 24.8. The first kappa shape index (κ1) is 24.5. The van der Waals surface area contributed by atoms with Crippen LogP contribution in [-0.2, 0) is 23.5 Å². The molecule has 0 saturated carbocycles. The van der Waals surface area contributed by atoms with Gasteiger partial charge in [-0.3, -0.25) is 4.79 Å². The average Bonchev–Trinajstić information content (AvgIpc) is 3.39. The molecule has 2 heterocycles. The molecule has 34 heavy (non-hydrogen) atoms. The van der Waals surface area contributed by atoms with E-state index in [4.69, 9.17) is 28.0 Å². The van der Waals surface area contributed by atoms with E-state index < -0.39 is 58.5 Å². The number of hydrogen-bond donors (Lipinski definition) is 1. The van der Waals surface area contributed by atoms with Gasteiger partial charge in [-0.15, -0.1) is 0 Å². The lowest BCUT2D eigenvalue weighted by Crippen LogP contribution is -2.44. The number of carbonyl (C=O) groups excluding carboxylic acids is 1. The van der Waals surface area contributed by atoms with Gasteiger partial charge in [-0.1, -0.05) is 34.4 Å². The van der Waals surface area contributed by atoms with Crippen molar-refractivity contribution in [2.24, 2.45) is 5.16 Å². The van der Waals surface area contributed by atoms with Gasteiger partial charge >= 0.3 is 6.18 Å². The van der Waals surface area contributed by atoms with E-state index in [9.17, 15) is 31.1 Å². The molecular formula is C21H15Cl2F6N3O2. The highest BCUT2D eigenvalue weighted by molar-refractivity contribution is 6.35. The highest BCUT2D eigenvalue weighted by Crippen LogP contribution is 2.50. The Morgan fingerprint density at radius 3 is 2.41 bits per heavy atom. The van der Waals surface area contributed by atoms with Crippen molar-refractivity contribution in [1.82, 2.24) is 10.2 Å². The lowest BCUT2D eigenvalue weighted by atomic mass is 9.89. The van der Waals surface area contributed by atoms with E-state index in [0.717, 1.165) is 17.7 Å².